The van der Waals surface area contributed by atoms with Gasteiger partial charge in [-0.3, -0.25) is 5.32 Å². The summed E-state index contributed by atoms with van der Waals surface area (Å²) in [4.78, 5) is 0. The highest BCUT2D eigenvalue weighted by atomic mass is 19.1. The molecule has 2 nitrogen and oxygen atoms in total. The first-order valence-electron chi connectivity index (χ1n) is 5.26. The van der Waals surface area contributed by atoms with Crippen LogP contribution in [0.5, 0.6) is 5.75 Å². The van der Waals surface area contributed by atoms with Gasteiger partial charge in [-0.1, -0.05) is 18.9 Å². The molecule has 0 aromatic heterocycles. The number of methoxy groups -OCH3 is 1. The van der Waals surface area contributed by atoms with E-state index >= 15 is 0 Å². The molecule has 0 aliphatic carbocycles. The molecule has 1 aromatic carbocycles. The molecule has 1 unspecified atom stereocenters. The fraction of sp³-hybridized carbons (Fsp3) is 0.385. The molecular formula is C13H16FNO. The lowest BCUT2D eigenvalue weighted by Gasteiger charge is -2.16. The number of terminal acetylenes is 1. The fourth-order valence-electron chi connectivity index (χ4n) is 1.51. The van der Waals surface area contributed by atoms with Gasteiger partial charge in [0.1, 0.15) is 17.6 Å². The lowest BCUT2D eigenvalue weighted by atomic mass is 10.1. The summed E-state index contributed by atoms with van der Waals surface area (Å²) in [5.41, 5.74) is 0.404. The minimum Gasteiger partial charge on any atom is -0.496 e. The summed E-state index contributed by atoms with van der Waals surface area (Å²) < 4.78 is 18.8. The van der Waals surface area contributed by atoms with Gasteiger partial charge < -0.3 is 4.74 Å². The highest BCUT2D eigenvalue weighted by molar-refractivity contribution is 5.40. The van der Waals surface area contributed by atoms with Crippen molar-refractivity contribution in [3.63, 3.8) is 0 Å². The van der Waals surface area contributed by atoms with Crippen molar-refractivity contribution >= 4 is 0 Å². The van der Waals surface area contributed by atoms with Crippen LogP contribution in [0.4, 0.5) is 4.39 Å². The van der Waals surface area contributed by atoms with Crippen molar-refractivity contribution in [2.75, 3.05) is 13.7 Å². The Balaban J connectivity index is 3.04. The number of halogens is 1. The Bertz CT molecular complexity index is 384. The van der Waals surface area contributed by atoms with Gasteiger partial charge in [0.25, 0.3) is 0 Å². The van der Waals surface area contributed by atoms with E-state index in [1.807, 2.05) is 6.92 Å². The summed E-state index contributed by atoms with van der Waals surface area (Å²) in [5, 5.41) is 3.09. The number of rotatable bonds is 5. The lowest BCUT2D eigenvalue weighted by Crippen LogP contribution is -2.22. The maximum Gasteiger partial charge on any atom is 0.132 e. The van der Waals surface area contributed by atoms with Crippen molar-refractivity contribution in [1.82, 2.24) is 5.32 Å². The molecule has 16 heavy (non-hydrogen) atoms. The highest BCUT2D eigenvalue weighted by Gasteiger charge is 2.17. The summed E-state index contributed by atoms with van der Waals surface area (Å²) in [6.07, 6.45) is 6.34. The molecule has 0 aliphatic rings. The quantitative estimate of drug-likeness (QED) is 0.771. The van der Waals surface area contributed by atoms with E-state index in [2.05, 4.69) is 11.2 Å². The SMILES string of the molecule is C#CC(NCCC)c1c(F)cccc1OC. The maximum atomic E-state index is 13.7. The van der Waals surface area contributed by atoms with Crippen LogP contribution in [0.1, 0.15) is 24.9 Å². The molecule has 0 aliphatic heterocycles. The van der Waals surface area contributed by atoms with Crippen molar-refractivity contribution in [2.24, 2.45) is 0 Å². The van der Waals surface area contributed by atoms with Crippen LogP contribution in [0, 0.1) is 18.2 Å². The van der Waals surface area contributed by atoms with Crippen LogP contribution in [0.15, 0.2) is 18.2 Å². The molecular weight excluding hydrogens is 205 g/mol. The first kappa shape index (κ1) is 12.5. The summed E-state index contributed by atoms with van der Waals surface area (Å²) in [5.74, 6) is 2.67. The standard InChI is InChI=1S/C13H16FNO/c1-4-9-15-11(5-2)13-10(14)7-6-8-12(13)16-3/h2,6-8,11,15H,4,9H2,1,3H3. The fourth-order valence-corrected chi connectivity index (χ4v) is 1.51. The Kier molecular flexibility index (Phi) is 4.81. The zero-order valence-corrected chi connectivity index (χ0v) is 9.59. The van der Waals surface area contributed by atoms with Gasteiger partial charge in [0, 0.05) is 0 Å². The number of benzene rings is 1. The molecule has 0 radical (unpaired) electrons. The van der Waals surface area contributed by atoms with Crippen LogP contribution in [0.25, 0.3) is 0 Å². The predicted molar refractivity (Wildman–Crippen MR) is 62.8 cm³/mol. The van der Waals surface area contributed by atoms with Crippen molar-refractivity contribution in [1.29, 1.82) is 0 Å². The summed E-state index contributed by atoms with van der Waals surface area (Å²) >= 11 is 0. The molecule has 1 rings (SSSR count). The van der Waals surface area contributed by atoms with E-state index in [0.717, 1.165) is 13.0 Å². The average Bonchev–Trinajstić information content (AvgIpc) is 2.31. The van der Waals surface area contributed by atoms with Gasteiger partial charge in [0.2, 0.25) is 0 Å². The van der Waals surface area contributed by atoms with Crippen LogP contribution in [-0.4, -0.2) is 13.7 Å². The molecule has 1 atom stereocenters. The summed E-state index contributed by atoms with van der Waals surface area (Å²) in [6.45, 7) is 2.77. The third kappa shape index (κ3) is 2.74. The second kappa shape index (κ2) is 6.14. The largest absolute Gasteiger partial charge is 0.496 e. The molecule has 0 saturated carbocycles. The van der Waals surface area contributed by atoms with E-state index in [0.29, 0.717) is 11.3 Å². The van der Waals surface area contributed by atoms with Gasteiger partial charge in [-0.05, 0) is 25.1 Å². The molecule has 0 amide bonds. The van der Waals surface area contributed by atoms with Crippen molar-refractivity contribution in [2.45, 2.75) is 19.4 Å². The molecule has 1 aromatic rings. The van der Waals surface area contributed by atoms with E-state index in [9.17, 15) is 4.39 Å². The smallest absolute Gasteiger partial charge is 0.132 e. The van der Waals surface area contributed by atoms with Crippen LogP contribution in [-0.2, 0) is 0 Å². The Hall–Kier alpha value is -1.53. The second-order valence-electron chi connectivity index (χ2n) is 3.41. The van der Waals surface area contributed by atoms with E-state index in [1.165, 1.54) is 13.2 Å². The Labute approximate surface area is 95.8 Å². The molecule has 3 heteroatoms. The predicted octanol–water partition coefficient (Wildman–Crippen LogP) is 2.51. The van der Waals surface area contributed by atoms with Crippen LogP contribution >= 0.6 is 0 Å². The Morgan fingerprint density at radius 3 is 2.88 bits per heavy atom. The summed E-state index contributed by atoms with van der Waals surface area (Å²) in [7, 11) is 1.51. The van der Waals surface area contributed by atoms with Gasteiger partial charge in [0.15, 0.2) is 0 Å². The van der Waals surface area contributed by atoms with E-state index in [-0.39, 0.29) is 5.82 Å². The zero-order chi connectivity index (χ0) is 12.0. The van der Waals surface area contributed by atoms with Crippen LogP contribution < -0.4 is 10.1 Å². The first-order chi connectivity index (χ1) is 7.74. The third-order valence-corrected chi connectivity index (χ3v) is 2.29. The topological polar surface area (TPSA) is 21.3 Å². The number of hydrogen-bond donors (Lipinski definition) is 1. The monoisotopic (exact) mass is 221 g/mol. The first-order valence-corrected chi connectivity index (χ1v) is 5.26. The van der Waals surface area contributed by atoms with Gasteiger partial charge in [-0.15, -0.1) is 6.42 Å². The molecule has 0 saturated heterocycles. The number of nitrogens with one attached hydrogen (secondary N) is 1. The van der Waals surface area contributed by atoms with E-state index in [4.69, 9.17) is 11.2 Å². The van der Waals surface area contributed by atoms with Crippen molar-refractivity contribution < 1.29 is 9.13 Å². The minimum atomic E-state index is -0.448. The Morgan fingerprint density at radius 2 is 2.31 bits per heavy atom. The van der Waals surface area contributed by atoms with Gasteiger partial charge in [0.05, 0.1) is 12.7 Å². The normalized spacial score (nSPS) is 11.9. The van der Waals surface area contributed by atoms with E-state index in [1.54, 1.807) is 12.1 Å². The minimum absolute atomic E-state index is 0.342. The number of ether oxygens (including phenoxy) is 1. The maximum absolute atomic E-state index is 13.7. The van der Waals surface area contributed by atoms with E-state index < -0.39 is 6.04 Å². The summed E-state index contributed by atoms with van der Waals surface area (Å²) in [6, 6.07) is 4.24. The third-order valence-electron chi connectivity index (χ3n) is 2.29. The molecule has 86 valence electrons. The van der Waals surface area contributed by atoms with Crippen molar-refractivity contribution in [3.8, 4) is 18.1 Å². The average molecular weight is 221 g/mol. The van der Waals surface area contributed by atoms with Crippen molar-refractivity contribution in [3.05, 3.63) is 29.6 Å². The molecule has 0 heterocycles. The highest BCUT2D eigenvalue weighted by Crippen LogP contribution is 2.27. The molecule has 1 N–H and O–H groups in total. The molecule has 0 spiro atoms. The van der Waals surface area contributed by atoms with Crippen LogP contribution in [0.2, 0.25) is 0 Å². The zero-order valence-electron chi connectivity index (χ0n) is 9.59. The van der Waals surface area contributed by atoms with Gasteiger partial charge in [-0.25, -0.2) is 4.39 Å². The molecule has 0 bridgehead atoms. The van der Waals surface area contributed by atoms with Gasteiger partial charge in [-0.2, -0.15) is 0 Å². The lowest BCUT2D eigenvalue weighted by molar-refractivity contribution is 0.398. The van der Waals surface area contributed by atoms with Crippen LogP contribution in [0.3, 0.4) is 0 Å². The Morgan fingerprint density at radius 1 is 1.56 bits per heavy atom. The number of hydrogen-bond acceptors (Lipinski definition) is 2. The second-order valence-corrected chi connectivity index (χ2v) is 3.41. The molecule has 0 fully saturated rings. The van der Waals surface area contributed by atoms with Gasteiger partial charge >= 0.3 is 0 Å².